The minimum atomic E-state index is -4.01. The topological polar surface area (TPSA) is 71.4 Å². The summed E-state index contributed by atoms with van der Waals surface area (Å²) >= 11 is 0. The van der Waals surface area contributed by atoms with Crippen molar-refractivity contribution < 1.29 is 17.8 Å². The molecule has 1 unspecified atom stereocenters. The van der Waals surface area contributed by atoms with Crippen LogP contribution in [0.1, 0.15) is 33.1 Å². The lowest BCUT2D eigenvalue weighted by atomic mass is 9.70. The predicted octanol–water partition coefficient (Wildman–Crippen LogP) is 1.27. The first kappa shape index (κ1) is 11.1. The molecule has 3 atom stereocenters. The second-order valence-electron chi connectivity index (χ2n) is 5.34. The molecule has 0 saturated heterocycles. The van der Waals surface area contributed by atoms with Crippen LogP contribution in [0.5, 0.6) is 0 Å². The Hall–Kier alpha value is -0.420. The molecular weight excluding hydrogens is 216 g/mol. The van der Waals surface area contributed by atoms with E-state index in [0.717, 1.165) is 12.8 Å². The van der Waals surface area contributed by atoms with E-state index in [1.165, 1.54) is 0 Å². The minimum Gasteiger partial charge on any atom is -0.299 e. The van der Waals surface area contributed by atoms with Crippen molar-refractivity contribution in [2.24, 2.45) is 16.7 Å². The van der Waals surface area contributed by atoms with Gasteiger partial charge in [0.1, 0.15) is 5.78 Å². The van der Waals surface area contributed by atoms with Crippen LogP contribution >= 0.6 is 0 Å². The Morgan fingerprint density at radius 2 is 2.07 bits per heavy atom. The predicted molar refractivity (Wildman–Crippen MR) is 55.0 cm³/mol. The van der Waals surface area contributed by atoms with Gasteiger partial charge in [0.2, 0.25) is 0 Å². The molecule has 0 radical (unpaired) electrons. The number of hydrogen-bond donors (Lipinski definition) is 1. The molecule has 5 heteroatoms. The molecule has 15 heavy (non-hydrogen) atoms. The molecule has 0 aliphatic heterocycles. The largest absolute Gasteiger partial charge is 0.299 e. The van der Waals surface area contributed by atoms with E-state index in [9.17, 15) is 13.2 Å². The van der Waals surface area contributed by atoms with Crippen LogP contribution in [0.2, 0.25) is 0 Å². The fourth-order valence-corrected chi connectivity index (χ4v) is 4.72. The van der Waals surface area contributed by atoms with Crippen LogP contribution in [0.25, 0.3) is 0 Å². The van der Waals surface area contributed by atoms with Crippen LogP contribution < -0.4 is 0 Å². The molecule has 86 valence electrons. The molecule has 2 fully saturated rings. The van der Waals surface area contributed by atoms with Gasteiger partial charge in [-0.05, 0) is 24.2 Å². The van der Waals surface area contributed by atoms with E-state index >= 15 is 0 Å². The first-order chi connectivity index (χ1) is 6.69. The quantitative estimate of drug-likeness (QED) is 0.728. The van der Waals surface area contributed by atoms with Crippen LogP contribution in [0.3, 0.4) is 0 Å². The molecule has 2 aliphatic rings. The number of carbonyl (C=O) groups is 1. The maximum absolute atomic E-state index is 11.8. The summed E-state index contributed by atoms with van der Waals surface area (Å²) in [4.78, 5) is 11.8. The second-order valence-corrected chi connectivity index (χ2v) is 6.79. The summed E-state index contributed by atoms with van der Waals surface area (Å²) in [5.41, 5.74) is -1.12. The Bertz CT molecular complexity index is 413. The maximum Gasteiger partial charge on any atom is 0.265 e. The molecule has 0 aromatic carbocycles. The molecule has 2 saturated carbocycles. The van der Waals surface area contributed by atoms with Crippen LogP contribution in [-0.2, 0) is 14.9 Å². The zero-order chi connectivity index (χ0) is 11.5. The number of Topliss-reactive ketones (excluding diaryl/α,β-unsaturated/α-hetero) is 1. The van der Waals surface area contributed by atoms with Gasteiger partial charge in [-0.3, -0.25) is 9.35 Å². The van der Waals surface area contributed by atoms with E-state index < -0.39 is 20.9 Å². The Balaban J connectivity index is 2.41. The number of ketones is 1. The van der Waals surface area contributed by atoms with Gasteiger partial charge in [0.05, 0.1) is 5.75 Å². The molecule has 0 aromatic heterocycles. The van der Waals surface area contributed by atoms with E-state index in [0.29, 0.717) is 6.42 Å². The normalized spacial score (nSPS) is 45.0. The number of hydrogen-bond acceptors (Lipinski definition) is 3. The van der Waals surface area contributed by atoms with Crippen molar-refractivity contribution in [3.05, 3.63) is 0 Å². The lowest BCUT2D eigenvalue weighted by molar-refractivity contribution is -0.128. The van der Waals surface area contributed by atoms with Gasteiger partial charge < -0.3 is 0 Å². The van der Waals surface area contributed by atoms with Crippen molar-refractivity contribution in [1.29, 1.82) is 0 Å². The van der Waals surface area contributed by atoms with Gasteiger partial charge in [-0.2, -0.15) is 8.42 Å². The van der Waals surface area contributed by atoms with Crippen LogP contribution in [0.15, 0.2) is 0 Å². The minimum absolute atomic E-state index is 0.122. The third-order valence-electron chi connectivity index (χ3n) is 4.68. The SMILES string of the molecule is CC1(CS(=O)(=O)O)[C@@H]2CC[C@@]1(C)C(=O)C2. The summed E-state index contributed by atoms with van der Waals surface area (Å²) in [5, 5.41) is 0. The fourth-order valence-electron chi connectivity index (χ4n) is 3.41. The summed E-state index contributed by atoms with van der Waals surface area (Å²) in [6.07, 6.45) is 2.12. The average Bonchev–Trinajstić information content (AvgIpc) is 2.35. The van der Waals surface area contributed by atoms with Crippen molar-refractivity contribution in [3.8, 4) is 0 Å². The third kappa shape index (κ3) is 1.36. The summed E-state index contributed by atoms with van der Waals surface area (Å²) in [5.74, 6) is -0.00535. The first-order valence-electron chi connectivity index (χ1n) is 5.17. The van der Waals surface area contributed by atoms with E-state index in [4.69, 9.17) is 4.55 Å². The van der Waals surface area contributed by atoms with Crippen molar-refractivity contribution in [2.75, 3.05) is 5.75 Å². The van der Waals surface area contributed by atoms with Gasteiger partial charge in [0.15, 0.2) is 0 Å². The van der Waals surface area contributed by atoms with Gasteiger partial charge in [-0.25, -0.2) is 0 Å². The Labute approximate surface area is 89.8 Å². The molecule has 2 bridgehead atoms. The number of rotatable bonds is 2. The monoisotopic (exact) mass is 232 g/mol. The fraction of sp³-hybridized carbons (Fsp3) is 0.900. The summed E-state index contributed by atoms with van der Waals surface area (Å²) < 4.78 is 31.0. The van der Waals surface area contributed by atoms with Gasteiger partial charge >= 0.3 is 0 Å². The average molecular weight is 232 g/mol. The third-order valence-corrected chi connectivity index (χ3v) is 5.65. The van der Waals surface area contributed by atoms with Crippen LogP contribution in [0, 0.1) is 16.7 Å². The Kier molecular flexibility index (Phi) is 2.09. The van der Waals surface area contributed by atoms with Crippen molar-refractivity contribution in [1.82, 2.24) is 0 Å². The van der Waals surface area contributed by atoms with E-state index in [2.05, 4.69) is 0 Å². The van der Waals surface area contributed by atoms with E-state index in [1.54, 1.807) is 0 Å². The van der Waals surface area contributed by atoms with Crippen molar-refractivity contribution in [3.63, 3.8) is 0 Å². The molecule has 0 heterocycles. The summed E-state index contributed by atoms with van der Waals surface area (Å²) in [7, 11) is -4.01. The lowest BCUT2D eigenvalue weighted by Crippen LogP contribution is -2.40. The highest BCUT2D eigenvalue weighted by molar-refractivity contribution is 7.85. The highest BCUT2D eigenvalue weighted by Gasteiger charge is 2.64. The maximum atomic E-state index is 11.8. The smallest absolute Gasteiger partial charge is 0.265 e. The van der Waals surface area contributed by atoms with Gasteiger partial charge in [0.25, 0.3) is 10.1 Å². The van der Waals surface area contributed by atoms with E-state index in [-0.39, 0.29) is 17.5 Å². The zero-order valence-electron chi connectivity index (χ0n) is 8.99. The highest BCUT2D eigenvalue weighted by atomic mass is 32.2. The Morgan fingerprint density at radius 1 is 1.47 bits per heavy atom. The molecule has 4 nitrogen and oxygen atoms in total. The van der Waals surface area contributed by atoms with E-state index in [1.807, 2.05) is 13.8 Å². The Morgan fingerprint density at radius 3 is 2.40 bits per heavy atom. The van der Waals surface area contributed by atoms with Crippen molar-refractivity contribution >= 4 is 15.9 Å². The zero-order valence-corrected chi connectivity index (χ0v) is 9.80. The summed E-state index contributed by atoms with van der Waals surface area (Å²) in [6, 6.07) is 0. The molecule has 0 spiro atoms. The molecule has 1 N–H and O–H groups in total. The molecular formula is C10H16O4S. The van der Waals surface area contributed by atoms with Gasteiger partial charge in [0, 0.05) is 11.8 Å². The van der Waals surface area contributed by atoms with Gasteiger partial charge in [-0.15, -0.1) is 0 Å². The summed E-state index contributed by atoms with van der Waals surface area (Å²) in [6.45, 7) is 3.66. The lowest BCUT2D eigenvalue weighted by Gasteiger charge is -2.35. The number of carbonyl (C=O) groups excluding carboxylic acids is 1. The van der Waals surface area contributed by atoms with Crippen LogP contribution in [-0.4, -0.2) is 24.5 Å². The van der Waals surface area contributed by atoms with Crippen molar-refractivity contribution in [2.45, 2.75) is 33.1 Å². The molecule has 0 aromatic rings. The highest BCUT2D eigenvalue weighted by Crippen LogP contribution is 2.64. The molecule has 2 aliphatic carbocycles. The first-order valence-corrected chi connectivity index (χ1v) is 6.78. The second kappa shape index (κ2) is 2.83. The van der Waals surface area contributed by atoms with Gasteiger partial charge in [-0.1, -0.05) is 13.8 Å². The standard InChI is InChI=1S/C10H16O4S/c1-9-4-3-7(5-8(9)11)10(9,2)6-15(12,13)14/h7H,3-6H2,1-2H3,(H,12,13,14)/t7-,9+,10?/m1/s1. The number of fused-ring (bicyclic) bond motifs is 2. The van der Waals surface area contributed by atoms with Crippen LogP contribution in [0.4, 0.5) is 0 Å². The molecule has 2 rings (SSSR count). The molecule has 0 amide bonds.